The number of aromatic nitrogens is 6. The van der Waals surface area contributed by atoms with Crippen LogP contribution in [0.4, 0.5) is 11.6 Å². The largest absolute Gasteiger partial charge is 0.472 e. The van der Waals surface area contributed by atoms with E-state index >= 15 is 0 Å². The number of phosphoric ester groups is 2. The predicted molar refractivity (Wildman–Crippen MR) is 288 cm³/mol. The molecule has 78 heavy (non-hydrogen) atoms. The Labute approximate surface area is 453 Å². The Morgan fingerprint density at radius 2 is 1.26 bits per heavy atom. The fourth-order valence-corrected chi connectivity index (χ4v) is 11.6. The van der Waals surface area contributed by atoms with Gasteiger partial charge in [0.1, 0.15) is 59.3 Å². The van der Waals surface area contributed by atoms with Gasteiger partial charge in [0.2, 0.25) is 4.91 Å². The number of nitrogen functional groups attached to an aromatic ring is 1. The molecular weight excluding hydrogens is 1060 g/mol. The second-order valence-corrected chi connectivity index (χ2v) is 23.3. The van der Waals surface area contributed by atoms with Gasteiger partial charge < -0.3 is 35.0 Å². The van der Waals surface area contributed by atoms with E-state index in [1.54, 1.807) is 6.07 Å². The first-order valence-electron chi connectivity index (χ1n) is 27.8. The number of rotatable bonds is 37. The zero-order chi connectivity index (χ0) is 55.9. The fraction of sp³-hybridized carbons (Fsp3) is 0.760. The van der Waals surface area contributed by atoms with Crippen molar-refractivity contribution in [1.29, 1.82) is 5.53 Å². The van der Waals surface area contributed by atoms with E-state index in [0.717, 1.165) is 28.4 Å². The lowest BCUT2D eigenvalue weighted by molar-refractivity contribution is -0.0550. The van der Waals surface area contributed by atoms with Crippen molar-refractivity contribution in [3.8, 4) is 0 Å². The highest BCUT2D eigenvalue weighted by Gasteiger charge is 2.46. The number of anilines is 2. The number of nitrogens with two attached hydrogens (primary N) is 1. The summed E-state index contributed by atoms with van der Waals surface area (Å²) in [4.78, 5) is 85.2. The molecule has 3 aromatic rings. The first-order chi connectivity index (χ1) is 37.5. The summed E-state index contributed by atoms with van der Waals surface area (Å²) in [6.45, 7) is 2.58. The molecule has 3 aliphatic rings. The molecule has 0 aliphatic carbocycles. The lowest BCUT2D eigenvalue weighted by Crippen LogP contribution is -2.33. The third-order valence-corrected chi connectivity index (χ3v) is 16.2. The second kappa shape index (κ2) is 32.0. The van der Waals surface area contributed by atoms with E-state index in [-0.39, 0.29) is 24.2 Å². The van der Waals surface area contributed by atoms with Crippen molar-refractivity contribution in [2.24, 2.45) is 5.11 Å². The van der Waals surface area contributed by atoms with Gasteiger partial charge in [0, 0.05) is 43.5 Å². The van der Waals surface area contributed by atoms with Crippen LogP contribution in [0.25, 0.3) is 0 Å². The summed E-state index contributed by atoms with van der Waals surface area (Å²) in [5, 5.41) is 7.01. The normalized spacial score (nSPS) is 23.7. The molecule has 26 nitrogen and oxygen atoms in total. The highest BCUT2D eigenvalue weighted by atomic mass is 31.2. The molecule has 10 unspecified atom stereocenters. The number of H-pyrrole nitrogens is 1. The van der Waals surface area contributed by atoms with Crippen LogP contribution < -0.4 is 38.6 Å². The molecule has 7 N–H and O–H groups in total. The van der Waals surface area contributed by atoms with Gasteiger partial charge in [-0.2, -0.15) is 9.97 Å². The summed E-state index contributed by atoms with van der Waals surface area (Å²) in [6, 6.07) is 2.11. The van der Waals surface area contributed by atoms with E-state index in [1.165, 1.54) is 145 Å². The molecule has 0 bridgehead atoms. The highest BCUT2D eigenvalue weighted by molar-refractivity contribution is 7.47. The second-order valence-electron chi connectivity index (χ2n) is 20.4. The van der Waals surface area contributed by atoms with Gasteiger partial charge in [-0.25, -0.2) is 23.5 Å². The number of phosphoric acid groups is 2. The van der Waals surface area contributed by atoms with Crippen LogP contribution in [-0.2, 0) is 41.4 Å². The first-order valence-corrected chi connectivity index (χ1v) is 30.8. The SMILES string of the molecule is CCCCCCCCCCCCCCCCCCCCCCNc1ccn(C2CC(OP(=O)(O)OCC3OC(n4cc(C)c(=O)[nH]c4=O)CC3N=[N+]=N)C(COP(=O)(O)OCC3CCC(n4ccc(N)nc4=O)O3)O2)c(=O)n1. The fourth-order valence-electron chi connectivity index (χ4n) is 9.90. The maximum Gasteiger partial charge on any atom is 0.472 e. The number of nitrogens with zero attached hydrogens (tertiary/aromatic N) is 7. The lowest BCUT2D eigenvalue weighted by atomic mass is 10.0. The molecule has 3 aliphatic heterocycles. The third-order valence-electron chi connectivity index (χ3n) is 14.3. The van der Waals surface area contributed by atoms with Gasteiger partial charge in [-0.3, -0.25) is 41.6 Å². The summed E-state index contributed by atoms with van der Waals surface area (Å²) in [7, 11) is -9.95. The number of nitrogens with one attached hydrogen (secondary N) is 3. The first kappa shape index (κ1) is 62.6. The molecule has 28 heteroatoms. The number of hydrogen-bond acceptors (Lipinski definition) is 19. The standard InChI is InChI=1S/C50H81N11O15P2/c1-3-4-5-6-7-8-9-10-11-12-13-14-15-16-17-18-19-20-21-22-27-53-43-26-29-60(49(64)55-43)46-31-39(41(75-46)35-71-77(66,67)70-33-37-23-24-44(73-37)59-28-25-42(51)54-48(59)63)76-78(68,69)72-34-40-38(57-58-52)30-45(74-40)61-32-36(2)47(62)56-50(61)65/h25-26,28-29,32,37-41,44-46,52H,3-24,27,30-31,33-35H2,1-2H3,(H5-,51,53,54,55,56,62,63,64,65,66,67,68,69)/p+1. The molecule has 6 rings (SSSR count). The Morgan fingerprint density at radius 1 is 0.718 bits per heavy atom. The maximum atomic E-state index is 13.6. The van der Waals surface area contributed by atoms with Gasteiger partial charge in [-0.05, 0) is 38.3 Å². The van der Waals surface area contributed by atoms with Gasteiger partial charge in [0.15, 0.2) is 6.04 Å². The highest BCUT2D eigenvalue weighted by Crippen LogP contribution is 2.51. The van der Waals surface area contributed by atoms with Crippen LogP contribution in [0.3, 0.4) is 0 Å². The minimum atomic E-state index is -5.08. The molecule has 3 saturated heterocycles. The van der Waals surface area contributed by atoms with Crippen LogP contribution in [0.5, 0.6) is 0 Å². The maximum absolute atomic E-state index is 13.6. The van der Waals surface area contributed by atoms with Crippen LogP contribution in [0.2, 0.25) is 0 Å². The number of aromatic amines is 1. The van der Waals surface area contributed by atoms with Crippen LogP contribution >= 0.6 is 15.6 Å². The van der Waals surface area contributed by atoms with E-state index < -0.39 is 107 Å². The monoisotopic (exact) mass is 1140 g/mol. The smallest absolute Gasteiger partial charge is 0.383 e. The van der Waals surface area contributed by atoms with Gasteiger partial charge in [0.25, 0.3) is 5.56 Å². The van der Waals surface area contributed by atoms with Crippen LogP contribution in [0.1, 0.15) is 185 Å². The molecular formula is C50H82N11O15P2+. The van der Waals surface area contributed by atoms with Crippen LogP contribution in [0.15, 0.2) is 55.0 Å². The van der Waals surface area contributed by atoms with Crippen molar-refractivity contribution < 1.29 is 51.2 Å². The molecule has 0 saturated carbocycles. The Kier molecular flexibility index (Phi) is 25.7. The molecule has 0 spiro atoms. The Hall–Kier alpha value is -4.55. The average Bonchev–Trinajstić information content (AvgIpc) is 4.18. The summed E-state index contributed by atoms with van der Waals surface area (Å²) < 4.78 is 69.7. The number of ether oxygens (including phenoxy) is 3. The third kappa shape index (κ3) is 20.5. The van der Waals surface area contributed by atoms with Crippen LogP contribution in [0, 0.1) is 12.5 Å². The Bertz CT molecular complexity index is 2720. The molecule has 3 fully saturated rings. The van der Waals surface area contributed by atoms with E-state index in [0.29, 0.717) is 25.2 Å². The van der Waals surface area contributed by atoms with Crippen molar-refractivity contribution in [3.63, 3.8) is 0 Å². The summed E-state index contributed by atoms with van der Waals surface area (Å²) in [6.07, 6.45) is 23.0. The molecule has 10 atom stereocenters. The molecule has 0 radical (unpaired) electrons. The van der Waals surface area contributed by atoms with E-state index in [1.807, 2.05) is 0 Å². The molecule has 0 aromatic carbocycles. The van der Waals surface area contributed by atoms with Gasteiger partial charge in [-0.15, -0.1) is 0 Å². The summed E-state index contributed by atoms with van der Waals surface area (Å²) in [5.74, 6) is 0.392. The molecule has 0 amide bonds. The minimum absolute atomic E-state index is 0.0104. The zero-order valence-electron chi connectivity index (χ0n) is 45.1. The van der Waals surface area contributed by atoms with Crippen molar-refractivity contribution in [3.05, 3.63) is 78.1 Å². The van der Waals surface area contributed by atoms with Crippen molar-refractivity contribution >= 4 is 27.3 Å². The lowest BCUT2D eigenvalue weighted by Gasteiger charge is -2.23. The molecule has 3 aromatic heterocycles. The Morgan fingerprint density at radius 3 is 1.87 bits per heavy atom. The van der Waals surface area contributed by atoms with Gasteiger partial charge in [0.05, 0.1) is 25.9 Å². The number of aryl methyl sites for hydroxylation is 1. The Balaban J connectivity index is 0.962. The van der Waals surface area contributed by atoms with E-state index in [2.05, 4.69) is 37.2 Å². The quantitative estimate of drug-likeness (QED) is 0.0138. The van der Waals surface area contributed by atoms with Crippen molar-refractivity contribution in [2.45, 2.75) is 217 Å². The minimum Gasteiger partial charge on any atom is -0.383 e. The average molecular weight is 1140 g/mol. The van der Waals surface area contributed by atoms with Gasteiger partial charge in [-0.1, -0.05) is 129 Å². The topological polar surface area (TPSA) is 352 Å². The van der Waals surface area contributed by atoms with Gasteiger partial charge >= 0.3 is 32.7 Å². The number of unbranched alkanes of at least 4 members (excludes halogenated alkanes) is 19. The molecule has 436 valence electrons. The molecule has 6 heterocycles. The van der Waals surface area contributed by atoms with Crippen molar-refractivity contribution in [1.82, 2.24) is 33.6 Å². The zero-order valence-corrected chi connectivity index (χ0v) is 46.9. The number of hydrogen-bond donors (Lipinski definition) is 6. The summed E-state index contributed by atoms with van der Waals surface area (Å²) in [5.41, 5.74) is 10.4. The van der Waals surface area contributed by atoms with Crippen molar-refractivity contribution in [2.75, 3.05) is 37.4 Å². The van der Waals surface area contributed by atoms with Crippen LogP contribution in [-0.4, -0.2) is 95.3 Å². The van der Waals surface area contributed by atoms with E-state index in [9.17, 15) is 38.1 Å². The summed E-state index contributed by atoms with van der Waals surface area (Å²) >= 11 is 0. The predicted octanol–water partition coefficient (Wildman–Crippen LogP) is 7.98. The van der Waals surface area contributed by atoms with E-state index in [4.69, 9.17) is 43.6 Å².